The fourth-order valence-corrected chi connectivity index (χ4v) is 2.66. The molecule has 1 saturated heterocycles. The van der Waals surface area contributed by atoms with Crippen LogP contribution >= 0.6 is 0 Å². The lowest BCUT2D eigenvalue weighted by Gasteiger charge is -2.14. The summed E-state index contributed by atoms with van der Waals surface area (Å²) in [4.78, 5) is 12.0. The second-order valence-corrected chi connectivity index (χ2v) is 5.62. The maximum Gasteiger partial charge on any atom is 0.416 e. The van der Waals surface area contributed by atoms with Gasteiger partial charge in [0.05, 0.1) is 5.56 Å². The minimum Gasteiger partial charge on any atom is -0.356 e. The predicted octanol–water partition coefficient (Wildman–Crippen LogP) is 2.75. The van der Waals surface area contributed by atoms with Gasteiger partial charge in [0.25, 0.3) is 0 Å². The monoisotopic (exact) mass is 314 g/mol. The van der Waals surface area contributed by atoms with Crippen LogP contribution in [0.2, 0.25) is 0 Å². The number of amides is 1. The van der Waals surface area contributed by atoms with Crippen molar-refractivity contribution in [3.05, 3.63) is 35.4 Å². The Labute approximate surface area is 128 Å². The van der Waals surface area contributed by atoms with Crippen LogP contribution in [0.4, 0.5) is 13.2 Å². The molecule has 0 saturated carbocycles. The number of carbonyl (C=O) groups is 1. The van der Waals surface area contributed by atoms with E-state index in [-0.39, 0.29) is 11.8 Å². The van der Waals surface area contributed by atoms with Crippen LogP contribution in [0.25, 0.3) is 0 Å². The van der Waals surface area contributed by atoms with E-state index in [4.69, 9.17) is 0 Å². The molecule has 2 N–H and O–H groups in total. The van der Waals surface area contributed by atoms with Gasteiger partial charge >= 0.3 is 6.18 Å². The van der Waals surface area contributed by atoms with E-state index in [0.717, 1.165) is 44.5 Å². The standard InChI is InChI=1S/C16H21F3N2O/c17-16(18,19)14-5-1-3-12(11-14)6-10-21-15(22)13-4-2-8-20-9-7-13/h1,3,5,11,13,20H,2,4,6-10H2,(H,21,22)/t13-/m1/s1. The van der Waals surface area contributed by atoms with Crippen molar-refractivity contribution in [3.63, 3.8) is 0 Å². The Hall–Kier alpha value is -1.56. The molecule has 0 unspecified atom stereocenters. The molecule has 1 amide bonds. The average molecular weight is 314 g/mol. The number of halogens is 3. The third-order valence-electron chi connectivity index (χ3n) is 3.91. The number of benzene rings is 1. The van der Waals surface area contributed by atoms with Gasteiger partial charge in [0.1, 0.15) is 0 Å². The summed E-state index contributed by atoms with van der Waals surface area (Å²) in [5.74, 6) is 0.0205. The molecule has 0 aromatic heterocycles. The van der Waals surface area contributed by atoms with Crippen LogP contribution in [0, 0.1) is 5.92 Å². The molecule has 1 atom stereocenters. The Bertz CT molecular complexity index is 494. The smallest absolute Gasteiger partial charge is 0.356 e. The van der Waals surface area contributed by atoms with E-state index in [0.29, 0.717) is 18.5 Å². The lowest BCUT2D eigenvalue weighted by atomic mass is 9.99. The molecule has 22 heavy (non-hydrogen) atoms. The summed E-state index contributed by atoms with van der Waals surface area (Å²) in [6, 6.07) is 5.25. The minimum atomic E-state index is -4.33. The molecule has 1 heterocycles. The van der Waals surface area contributed by atoms with Crippen LogP contribution < -0.4 is 10.6 Å². The first-order valence-corrected chi connectivity index (χ1v) is 7.61. The van der Waals surface area contributed by atoms with Crippen molar-refractivity contribution in [2.24, 2.45) is 5.92 Å². The maximum atomic E-state index is 12.6. The van der Waals surface area contributed by atoms with Crippen molar-refractivity contribution in [3.8, 4) is 0 Å². The topological polar surface area (TPSA) is 41.1 Å². The SMILES string of the molecule is O=C(NCCc1cccc(C(F)(F)F)c1)[C@@H]1CCCNCC1. The molecule has 122 valence electrons. The third kappa shape index (κ3) is 5.02. The number of hydrogen-bond donors (Lipinski definition) is 2. The summed E-state index contributed by atoms with van der Waals surface area (Å²) < 4.78 is 37.9. The average Bonchev–Trinajstić information content (AvgIpc) is 2.76. The van der Waals surface area contributed by atoms with Gasteiger partial charge in [0, 0.05) is 12.5 Å². The summed E-state index contributed by atoms with van der Waals surface area (Å²) >= 11 is 0. The molecular weight excluding hydrogens is 293 g/mol. The first kappa shape index (κ1) is 16.8. The summed E-state index contributed by atoms with van der Waals surface area (Å²) in [5, 5.41) is 6.09. The van der Waals surface area contributed by atoms with Gasteiger partial charge in [0.2, 0.25) is 5.91 Å². The molecule has 2 rings (SSSR count). The van der Waals surface area contributed by atoms with E-state index in [2.05, 4.69) is 10.6 Å². The Morgan fingerprint density at radius 2 is 2.09 bits per heavy atom. The summed E-state index contributed by atoms with van der Waals surface area (Å²) in [6.45, 7) is 2.14. The highest BCUT2D eigenvalue weighted by Crippen LogP contribution is 2.29. The fraction of sp³-hybridized carbons (Fsp3) is 0.562. The summed E-state index contributed by atoms with van der Waals surface area (Å²) in [5.41, 5.74) is -0.0659. The Morgan fingerprint density at radius 3 is 2.86 bits per heavy atom. The molecule has 0 radical (unpaired) electrons. The van der Waals surface area contributed by atoms with Gasteiger partial charge in [-0.15, -0.1) is 0 Å². The summed E-state index contributed by atoms with van der Waals surface area (Å²) in [6.07, 6.45) is -1.27. The quantitative estimate of drug-likeness (QED) is 0.897. The first-order chi connectivity index (χ1) is 10.5. The second-order valence-electron chi connectivity index (χ2n) is 5.62. The number of alkyl halides is 3. The van der Waals surface area contributed by atoms with Crippen LogP contribution in [-0.4, -0.2) is 25.5 Å². The van der Waals surface area contributed by atoms with E-state index >= 15 is 0 Å². The lowest BCUT2D eigenvalue weighted by Crippen LogP contribution is -2.32. The van der Waals surface area contributed by atoms with Gasteiger partial charge < -0.3 is 10.6 Å². The van der Waals surface area contributed by atoms with Crippen molar-refractivity contribution in [1.29, 1.82) is 0 Å². The molecule has 1 aliphatic rings. The second kappa shape index (κ2) is 7.63. The molecule has 3 nitrogen and oxygen atoms in total. The number of carbonyl (C=O) groups excluding carboxylic acids is 1. The number of nitrogens with one attached hydrogen (secondary N) is 2. The maximum absolute atomic E-state index is 12.6. The molecular formula is C16H21F3N2O. The third-order valence-corrected chi connectivity index (χ3v) is 3.91. The van der Waals surface area contributed by atoms with E-state index in [9.17, 15) is 18.0 Å². The Balaban J connectivity index is 1.82. The molecule has 0 spiro atoms. The zero-order chi connectivity index (χ0) is 16.0. The molecule has 1 aromatic rings. The van der Waals surface area contributed by atoms with Crippen molar-refractivity contribution in [2.75, 3.05) is 19.6 Å². The highest BCUT2D eigenvalue weighted by atomic mass is 19.4. The predicted molar refractivity (Wildman–Crippen MR) is 78.4 cm³/mol. The highest BCUT2D eigenvalue weighted by molar-refractivity contribution is 5.78. The van der Waals surface area contributed by atoms with E-state index in [1.54, 1.807) is 6.07 Å². The van der Waals surface area contributed by atoms with Crippen molar-refractivity contribution in [1.82, 2.24) is 10.6 Å². The fourth-order valence-electron chi connectivity index (χ4n) is 2.66. The van der Waals surface area contributed by atoms with Crippen LogP contribution in [0.5, 0.6) is 0 Å². The zero-order valence-electron chi connectivity index (χ0n) is 12.4. The molecule has 6 heteroatoms. The summed E-state index contributed by atoms with van der Waals surface area (Å²) in [7, 11) is 0. The van der Waals surface area contributed by atoms with Crippen molar-refractivity contribution >= 4 is 5.91 Å². The zero-order valence-corrected chi connectivity index (χ0v) is 12.4. The lowest BCUT2D eigenvalue weighted by molar-refractivity contribution is -0.137. The molecule has 1 fully saturated rings. The van der Waals surface area contributed by atoms with Gasteiger partial charge in [-0.3, -0.25) is 4.79 Å². The van der Waals surface area contributed by atoms with Crippen LogP contribution in [0.3, 0.4) is 0 Å². The van der Waals surface area contributed by atoms with Gasteiger partial charge in [-0.1, -0.05) is 18.2 Å². The molecule has 1 aromatic carbocycles. The van der Waals surface area contributed by atoms with Gasteiger partial charge in [-0.25, -0.2) is 0 Å². The van der Waals surface area contributed by atoms with Gasteiger partial charge in [-0.2, -0.15) is 13.2 Å². The molecule has 0 aliphatic carbocycles. The van der Waals surface area contributed by atoms with E-state index in [1.807, 2.05) is 0 Å². The van der Waals surface area contributed by atoms with Crippen molar-refractivity contribution < 1.29 is 18.0 Å². The number of hydrogen-bond acceptors (Lipinski definition) is 2. The van der Waals surface area contributed by atoms with Gasteiger partial charge in [-0.05, 0) is 50.4 Å². The highest BCUT2D eigenvalue weighted by Gasteiger charge is 2.30. The van der Waals surface area contributed by atoms with Crippen LogP contribution in [-0.2, 0) is 17.4 Å². The minimum absolute atomic E-state index is 0.00989. The van der Waals surface area contributed by atoms with Gasteiger partial charge in [0.15, 0.2) is 0 Å². The molecule has 0 bridgehead atoms. The largest absolute Gasteiger partial charge is 0.416 e. The van der Waals surface area contributed by atoms with E-state index < -0.39 is 11.7 Å². The van der Waals surface area contributed by atoms with Crippen LogP contribution in [0.1, 0.15) is 30.4 Å². The Morgan fingerprint density at radius 1 is 1.27 bits per heavy atom. The van der Waals surface area contributed by atoms with Crippen LogP contribution in [0.15, 0.2) is 24.3 Å². The first-order valence-electron chi connectivity index (χ1n) is 7.61. The van der Waals surface area contributed by atoms with E-state index in [1.165, 1.54) is 6.07 Å². The molecule has 1 aliphatic heterocycles. The Kier molecular flexibility index (Phi) is 5.83. The normalized spacial score (nSPS) is 19.5. The number of rotatable bonds is 4. The van der Waals surface area contributed by atoms with Crippen molar-refractivity contribution in [2.45, 2.75) is 31.9 Å².